The van der Waals surface area contributed by atoms with E-state index in [1.54, 1.807) is 0 Å². The molecule has 5 rings (SSSR count). The van der Waals surface area contributed by atoms with Crippen LogP contribution in [0.15, 0.2) is 59.0 Å². The second-order valence-electron chi connectivity index (χ2n) is 6.44. The average Bonchev–Trinajstić information content (AvgIpc) is 3.00. The van der Waals surface area contributed by atoms with Crippen molar-refractivity contribution in [3.63, 3.8) is 0 Å². The molecular weight excluding hydrogens is 296 g/mol. The van der Waals surface area contributed by atoms with E-state index in [1.807, 2.05) is 36.4 Å². The SMILES string of the molecule is Cc1cc2c(oc3c(C)c4ccccc4c(O)c32)c2ccccc12. The predicted molar refractivity (Wildman–Crippen MR) is 99.9 cm³/mol. The lowest BCUT2D eigenvalue weighted by Crippen LogP contribution is -1.82. The van der Waals surface area contributed by atoms with Gasteiger partial charge in [0, 0.05) is 21.7 Å². The highest BCUT2D eigenvalue weighted by atomic mass is 16.3. The molecule has 0 aliphatic heterocycles. The molecule has 24 heavy (non-hydrogen) atoms. The highest BCUT2D eigenvalue weighted by Gasteiger charge is 2.19. The fourth-order valence-corrected chi connectivity index (χ4v) is 3.87. The van der Waals surface area contributed by atoms with Gasteiger partial charge in [0.25, 0.3) is 0 Å². The average molecular weight is 312 g/mol. The lowest BCUT2D eigenvalue weighted by Gasteiger charge is -2.06. The molecule has 0 unspecified atom stereocenters. The fraction of sp³-hybridized carbons (Fsp3) is 0.0909. The first kappa shape index (κ1) is 13.4. The second kappa shape index (κ2) is 4.51. The van der Waals surface area contributed by atoms with Gasteiger partial charge in [-0.25, -0.2) is 0 Å². The minimum absolute atomic E-state index is 0.305. The summed E-state index contributed by atoms with van der Waals surface area (Å²) in [5, 5.41) is 16.9. The molecule has 0 saturated heterocycles. The van der Waals surface area contributed by atoms with Crippen LogP contribution in [0.5, 0.6) is 5.75 Å². The summed E-state index contributed by atoms with van der Waals surface area (Å²) in [6.07, 6.45) is 0. The molecule has 0 saturated carbocycles. The molecule has 1 heterocycles. The number of benzene rings is 4. The smallest absolute Gasteiger partial charge is 0.143 e. The van der Waals surface area contributed by atoms with Crippen LogP contribution in [0.4, 0.5) is 0 Å². The molecule has 5 aromatic rings. The monoisotopic (exact) mass is 312 g/mol. The Hall–Kier alpha value is -3.00. The number of fused-ring (bicyclic) bond motifs is 6. The lowest BCUT2D eigenvalue weighted by molar-refractivity contribution is 0.487. The van der Waals surface area contributed by atoms with Gasteiger partial charge in [-0.3, -0.25) is 0 Å². The van der Waals surface area contributed by atoms with Crippen molar-refractivity contribution in [2.24, 2.45) is 0 Å². The summed E-state index contributed by atoms with van der Waals surface area (Å²) >= 11 is 0. The van der Waals surface area contributed by atoms with Gasteiger partial charge < -0.3 is 9.52 Å². The maximum absolute atomic E-state index is 10.9. The highest BCUT2D eigenvalue weighted by molar-refractivity contribution is 6.22. The number of aryl methyl sites for hydroxylation is 2. The fourth-order valence-electron chi connectivity index (χ4n) is 3.87. The number of hydrogen-bond acceptors (Lipinski definition) is 2. The highest BCUT2D eigenvalue weighted by Crippen LogP contribution is 2.44. The van der Waals surface area contributed by atoms with E-state index in [9.17, 15) is 5.11 Å². The largest absolute Gasteiger partial charge is 0.507 e. The van der Waals surface area contributed by atoms with Gasteiger partial charge in [0.15, 0.2) is 0 Å². The Morgan fingerprint density at radius 3 is 2.08 bits per heavy atom. The Balaban J connectivity index is 2.14. The topological polar surface area (TPSA) is 33.4 Å². The Morgan fingerprint density at radius 2 is 1.33 bits per heavy atom. The molecule has 0 radical (unpaired) electrons. The third-order valence-electron chi connectivity index (χ3n) is 5.07. The number of hydrogen-bond donors (Lipinski definition) is 1. The first-order valence-electron chi connectivity index (χ1n) is 8.11. The number of aromatic hydroxyl groups is 1. The van der Waals surface area contributed by atoms with Crippen LogP contribution in [-0.2, 0) is 0 Å². The summed E-state index contributed by atoms with van der Waals surface area (Å²) in [6, 6.07) is 18.3. The third-order valence-corrected chi connectivity index (χ3v) is 5.07. The molecule has 116 valence electrons. The molecule has 2 heteroatoms. The Kier molecular flexibility index (Phi) is 2.53. The van der Waals surface area contributed by atoms with Crippen LogP contribution in [0.25, 0.3) is 43.5 Å². The first-order valence-corrected chi connectivity index (χ1v) is 8.11. The molecule has 4 aromatic carbocycles. The molecule has 2 nitrogen and oxygen atoms in total. The standard InChI is InChI=1S/C22H16O2/c1-12-11-18-19-20(23)16-9-5-4-8-15(16)13(2)21(19)24-22(18)17-10-6-3-7-14(12)17/h3-11,23H,1-2H3. The minimum Gasteiger partial charge on any atom is -0.507 e. The van der Waals surface area contributed by atoms with Gasteiger partial charge in [0.05, 0.1) is 5.39 Å². The van der Waals surface area contributed by atoms with Crippen molar-refractivity contribution in [2.45, 2.75) is 13.8 Å². The van der Waals surface area contributed by atoms with Crippen molar-refractivity contribution in [3.05, 3.63) is 65.7 Å². The zero-order chi connectivity index (χ0) is 16.4. The summed E-state index contributed by atoms with van der Waals surface area (Å²) in [5.74, 6) is 0.305. The van der Waals surface area contributed by atoms with E-state index in [0.29, 0.717) is 5.75 Å². The number of rotatable bonds is 0. The van der Waals surface area contributed by atoms with Crippen LogP contribution < -0.4 is 0 Å². The Bertz CT molecular complexity index is 1280. The van der Waals surface area contributed by atoms with Crippen LogP contribution in [0.2, 0.25) is 0 Å². The van der Waals surface area contributed by atoms with Crippen LogP contribution >= 0.6 is 0 Å². The van der Waals surface area contributed by atoms with E-state index in [2.05, 4.69) is 32.0 Å². The Labute approximate surface area is 138 Å². The van der Waals surface area contributed by atoms with Gasteiger partial charge in [0.2, 0.25) is 0 Å². The van der Waals surface area contributed by atoms with Crippen molar-refractivity contribution in [3.8, 4) is 5.75 Å². The van der Waals surface area contributed by atoms with E-state index in [1.165, 1.54) is 10.9 Å². The first-order chi connectivity index (χ1) is 11.7. The van der Waals surface area contributed by atoms with Gasteiger partial charge in [-0.15, -0.1) is 0 Å². The maximum Gasteiger partial charge on any atom is 0.143 e. The van der Waals surface area contributed by atoms with Gasteiger partial charge in [0.1, 0.15) is 16.9 Å². The van der Waals surface area contributed by atoms with E-state index < -0.39 is 0 Å². The zero-order valence-electron chi connectivity index (χ0n) is 13.6. The minimum atomic E-state index is 0.305. The molecular formula is C22H16O2. The van der Waals surface area contributed by atoms with Crippen molar-refractivity contribution in [1.29, 1.82) is 0 Å². The quantitative estimate of drug-likeness (QED) is 0.368. The summed E-state index contributed by atoms with van der Waals surface area (Å²) in [6.45, 7) is 4.16. The van der Waals surface area contributed by atoms with Crippen molar-refractivity contribution >= 4 is 43.5 Å². The van der Waals surface area contributed by atoms with Crippen LogP contribution in [0.3, 0.4) is 0 Å². The third kappa shape index (κ3) is 1.55. The van der Waals surface area contributed by atoms with Crippen LogP contribution in [0, 0.1) is 13.8 Å². The predicted octanol–water partition coefficient (Wildman–Crippen LogP) is 6.21. The molecule has 0 aliphatic rings. The molecule has 1 N–H and O–H groups in total. The van der Waals surface area contributed by atoms with Gasteiger partial charge in [-0.05, 0) is 36.2 Å². The molecule has 0 bridgehead atoms. The van der Waals surface area contributed by atoms with Crippen LogP contribution in [0.1, 0.15) is 11.1 Å². The Morgan fingerprint density at radius 1 is 0.708 bits per heavy atom. The second-order valence-corrected chi connectivity index (χ2v) is 6.44. The summed E-state index contributed by atoms with van der Waals surface area (Å²) in [5.41, 5.74) is 3.87. The lowest BCUT2D eigenvalue weighted by atomic mass is 9.97. The zero-order valence-corrected chi connectivity index (χ0v) is 13.6. The normalized spacial score (nSPS) is 11.9. The van der Waals surface area contributed by atoms with Gasteiger partial charge in [-0.2, -0.15) is 0 Å². The molecule has 0 amide bonds. The van der Waals surface area contributed by atoms with Crippen LogP contribution in [-0.4, -0.2) is 5.11 Å². The van der Waals surface area contributed by atoms with Gasteiger partial charge >= 0.3 is 0 Å². The molecule has 0 aliphatic carbocycles. The number of phenols is 1. The summed E-state index contributed by atoms with van der Waals surface area (Å²) in [7, 11) is 0. The van der Waals surface area contributed by atoms with E-state index in [-0.39, 0.29) is 0 Å². The summed E-state index contributed by atoms with van der Waals surface area (Å²) in [4.78, 5) is 0. The maximum atomic E-state index is 10.9. The molecule has 0 fully saturated rings. The van der Waals surface area contributed by atoms with Gasteiger partial charge in [-0.1, -0.05) is 48.5 Å². The van der Waals surface area contributed by atoms with E-state index in [0.717, 1.165) is 43.7 Å². The number of phenolic OH excluding ortho intramolecular Hbond substituents is 1. The van der Waals surface area contributed by atoms with Crippen molar-refractivity contribution in [2.75, 3.05) is 0 Å². The van der Waals surface area contributed by atoms with Crippen molar-refractivity contribution < 1.29 is 9.52 Å². The summed E-state index contributed by atoms with van der Waals surface area (Å²) < 4.78 is 6.28. The molecule has 0 spiro atoms. The van der Waals surface area contributed by atoms with E-state index in [4.69, 9.17) is 4.42 Å². The molecule has 0 atom stereocenters. The van der Waals surface area contributed by atoms with Crippen molar-refractivity contribution in [1.82, 2.24) is 0 Å². The number of furan rings is 1. The molecule has 1 aromatic heterocycles. The van der Waals surface area contributed by atoms with E-state index >= 15 is 0 Å².